The zero-order valence-corrected chi connectivity index (χ0v) is 12.2. The van der Waals surface area contributed by atoms with E-state index in [0.29, 0.717) is 11.3 Å². The number of hydrogen-bond acceptors (Lipinski definition) is 3. The zero-order chi connectivity index (χ0) is 14.1. The molecule has 2 heterocycles. The van der Waals surface area contributed by atoms with Crippen molar-refractivity contribution in [3.63, 3.8) is 0 Å². The maximum Gasteiger partial charge on any atom is 0.178 e. The van der Waals surface area contributed by atoms with Crippen LogP contribution in [-0.4, -0.2) is 21.6 Å². The van der Waals surface area contributed by atoms with Crippen LogP contribution in [0.5, 0.6) is 5.75 Å². The number of aromatic nitrogens is 3. The minimum Gasteiger partial charge on any atom is -0.494 e. The molecule has 0 saturated carbocycles. The SMILES string of the molecule is COc1cccc2c1[nH]c(=S)n2Cc1cnccc1C. The fourth-order valence-corrected chi connectivity index (χ4v) is 2.58. The van der Waals surface area contributed by atoms with Gasteiger partial charge in [0.25, 0.3) is 0 Å². The van der Waals surface area contributed by atoms with Crippen LogP contribution in [0.25, 0.3) is 11.0 Å². The van der Waals surface area contributed by atoms with Gasteiger partial charge < -0.3 is 14.3 Å². The molecule has 3 aromatic rings. The summed E-state index contributed by atoms with van der Waals surface area (Å²) >= 11 is 5.43. The maximum absolute atomic E-state index is 5.43. The molecule has 0 aliphatic heterocycles. The molecule has 0 aliphatic rings. The van der Waals surface area contributed by atoms with Crippen LogP contribution in [0.2, 0.25) is 0 Å². The summed E-state index contributed by atoms with van der Waals surface area (Å²) in [6.07, 6.45) is 3.69. The van der Waals surface area contributed by atoms with Gasteiger partial charge in [-0.1, -0.05) is 6.07 Å². The van der Waals surface area contributed by atoms with Crippen molar-refractivity contribution in [2.75, 3.05) is 7.11 Å². The molecule has 3 rings (SSSR count). The Morgan fingerprint density at radius 1 is 1.35 bits per heavy atom. The van der Waals surface area contributed by atoms with Gasteiger partial charge in [0.1, 0.15) is 11.3 Å². The number of pyridine rings is 1. The van der Waals surface area contributed by atoms with Crippen LogP contribution >= 0.6 is 12.2 Å². The van der Waals surface area contributed by atoms with E-state index in [1.807, 2.05) is 30.5 Å². The zero-order valence-electron chi connectivity index (χ0n) is 11.4. The van der Waals surface area contributed by atoms with Gasteiger partial charge in [0, 0.05) is 12.4 Å². The van der Waals surface area contributed by atoms with E-state index >= 15 is 0 Å². The predicted molar refractivity (Wildman–Crippen MR) is 81.8 cm³/mol. The lowest BCUT2D eigenvalue weighted by Crippen LogP contribution is -2.02. The Bertz CT molecular complexity index is 819. The van der Waals surface area contributed by atoms with E-state index in [0.717, 1.165) is 22.3 Å². The molecule has 4 nitrogen and oxygen atoms in total. The van der Waals surface area contributed by atoms with Crippen molar-refractivity contribution < 1.29 is 4.74 Å². The molecule has 0 aliphatic carbocycles. The lowest BCUT2D eigenvalue weighted by Gasteiger charge is -2.07. The Morgan fingerprint density at radius 2 is 2.20 bits per heavy atom. The second kappa shape index (κ2) is 5.09. The van der Waals surface area contributed by atoms with Gasteiger partial charge in [0.2, 0.25) is 0 Å². The largest absolute Gasteiger partial charge is 0.494 e. The second-order valence-electron chi connectivity index (χ2n) is 4.67. The normalized spacial score (nSPS) is 10.9. The molecular weight excluding hydrogens is 270 g/mol. The molecule has 0 unspecified atom stereocenters. The average Bonchev–Trinajstić information content (AvgIpc) is 2.77. The molecule has 1 aromatic carbocycles. The molecule has 5 heteroatoms. The molecular formula is C15H15N3OS. The van der Waals surface area contributed by atoms with Crippen molar-refractivity contribution in [2.45, 2.75) is 13.5 Å². The second-order valence-corrected chi connectivity index (χ2v) is 5.06. The van der Waals surface area contributed by atoms with Gasteiger partial charge >= 0.3 is 0 Å². The third kappa shape index (κ3) is 2.10. The number of aryl methyl sites for hydroxylation is 1. The Balaban J connectivity index is 2.15. The lowest BCUT2D eigenvalue weighted by molar-refractivity contribution is 0.419. The Kier molecular flexibility index (Phi) is 3.28. The highest BCUT2D eigenvalue weighted by Crippen LogP contribution is 2.25. The fourth-order valence-electron chi connectivity index (χ4n) is 2.31. The number of ether oxygens (including phenoxy) is 1. The molecule has 0 amide bonds. The number of H-pyrrole nitrogens is 1. The summed E-state index contributed by atoms with van der Waals surface area (Å²) in [5, 5.41) is 0. The van der Waals surface area contributed by atoms with E-state index < -0.39 is 0 Å². The highest BCUT2D eigenvalue weighted by molar-refractivity contribution is 7.71. The number of nitrogens with one attached hydrogen (secondary N) is 1. The van der Waals surface area contributed by atoms with Crippen molar-refractivity contribution in [3.8, 4) is 5.75 Å². The van der Waals surface area contributed by atoms with Crippen molar-refractivity contribution >= 4 is 23.3 Å². The smallest absolute Gasteiger partial charge is 0.178 e. The van der Waals surface area contributed by atoms with E-state index in [1.165, 1.54) is 5.56 Å². The standard InChI is InChI=1S/C15H15N3OS/c1-10-6-7-16-8-11(10)9-18-12-4-3-5-13(19-2)14(12)17-15(18)20/h3-8H,9H2,1-2H3,(H,17,20). The molecule has 0 bridgehead atoms. The molecule has 0 spiro atoms. The molecule has 0 atom stereocenters. The van der Waals surface area contributed by atoms with Gasteiger partial charge in [-0.3, -0.25) is 4.98 Å². The van der Waals surface area contributed by atoms with E-state index in [9.17, 15) is 0 Å². The quantitative estimate of drug-likeness (QED) is 0.749. The summed E-state index contributed by atoms with van der Waals surface area (Å²) in [7, 11) is 1.66. The van der Waals surface area contributed by atoms with E-state index in [-0.39, 0.29) is 0 Å². The number of rotatable bonds is 3. The Hall–Kier alpha value is -2.14. The lowest BCUT2D eigenvalue weighted by atomic mass is 10.1. The first-order chi connectivity index (χ1) is 9.70. The van der Waals surface area contributed by atoms with Gasteiger partial charge in [0.05, 0.1) is 19.2 Å². The summed E-state index contributed by atoms with van der Waals surface area (Å²) in [4.78, 5) is 7.41. The van der Waals surface area contributed by atoms with E-state index in [2.05, 4.69) is 21.5 Å². The number of fused-ring (bicyclic) bond motifs is 1. The van der Waals surface area contributed by atoms with Crippen LogP contribution in [0.4, 0.5) is 0 Å². The minimum absolute atomic E-state index is 0.688. The Morgan fingerprint density at radius 3 is 2.95 bits per heavy atom. The fraction of sp³-hybridized carbons (Fsp3) is 0.200. The first-order valence-electron chi connectivity index (χ1n) is 6.35. The number of methoxy groups -OCH3 is 1. The van der Waals surface area contributed by atoms with Crippen LogP contribution in [0.15, 0.2) is 36.7 Å². The van der Waals surface area contributed by atoms with Crippen molar-refractivity contribution in [2.24, 2.45) is 0 Å². The van der Waals surface area contributed by atoms with Crippen LogP contribution in [0.3, 0.4) is 0 Å². The van der Waals surface area contributed by atoms with Gasteiger partial charge in [-0.25, -0.2) is 0 Å². The highest BCUT2D eigenvalue weighted by atomic mass is 32.1. The third-order valence-electron chi connectivity index (χ3n) is 3.47. The highest BCUT2D eigenvalue weighted by Gasteiger charge is 2.09. The van der Waals surface area contributed by atoms with Gasteiger partial charge in [-0.15, -0.1) is 0 Å². The minimum atomic E-state index is 0.688. The van der Waals surface area contributed by atoms with Crippen LogP contribution in [0, 0.1) is 11.7 Å². The van der Waals surface area contributed by atoms with Gasteiger partial charge in [-0.05, 0) is 48.5 Å². The van der Waals surface area contributed by atoms with Crippen molar-refractivity contribution in [1.82, 2.24) is 14.5 Å². The topological polar surface area (TPSA) is 42.8 Å². The molecule has 1 N–H and O–H groups in total. The summed E-state index contributed by atoms with van der Waals surface area (Å²) in [5.41, 5.74) is 4.34. The van der Waals surface area contributed by atoms with E-state index in [4.69, 9.17) is 17.0 Å². The number of para-hydroxylation sites is 1. The van der Waals surface area contributed by atoms with E-state index in [1.54, 1.807) is 13.3 Å². The maximum atomic E-state index is 5.43. The molecule has 0 fully saturated rings. The summed E-state index contributed by atoms with van der Waals surface area (Å²) in [5.74, 6) is 0.801. The summed E-state index contributed by atoms with van der Waals surface area (Å²) in [6, 6.07) is 7.94. The number of aromatic amines is 1. The predicted octanol–water partition coefficient (Wildman–Crippen LogP) is 3.46. The van der Waals surface area contributed by atoms with Crippen molar-refractivity contribution in [1.29, 1.82) is 0 Å². The monoisotopic (exact) mass is 285 g/mol. The average molecular weight is 285 g/mol. The molecule has 0 saturated heterocycles. The summed E-state index contributed by atoms with van der Waals surface area (Å²) in [6.45, 7) is 2.78. The Labute approximate surface area is 122 Å². The first kappa shape index (κ1) is 12.9. The number of nitrogens with zero attached hydrogens (tertiary/aromatic N) is 2. The van der Waals surface area contributed by atoms with Crippen LogP contribution in [0.1, 0.15) is 11.1 Å². The number of imidazole rings is 1. The number of hydrogen-bond donors (Lipinski definition) is 1. The van der Waals surface area contributed by atoms with Gasteiger partial charge in [0.15, 0.2) is 4.77 Å². The third-order valence-corrected chi connectivity index (χ3v) is 3.79. The van der Waals surface area contributed by atoms with Crippen LogP contribution < -0.4 is 4.74 Å². The van der Waals surface area contributed by atoms with Gasteiger partial charge in [-0.2, -0.15) is 0 Å². The molecule has 0 radical (unpaired) electrons. The molecule has 102 valence electrons. The van der Waals surface area contributed by atoms with Crippen molar-refractivity contribution in [3.05, 3.63) is 52.6 Å². The first-order valence-corrected chi connectivity index (χ1v) is 6.76. The van der Waals surface area contributed by atoms with Crippen LogP contribution in [-0.2, 0) is 6.54 Å². The number of benzene rings is 1. The molecule has 20 heavy (non-hydrogen) atoms. The molecule has 2 aromatic heterocycles. The summed E-state index contributed by atoms with van der Waals surface area (Å²) < 4.78 is 8.12.